The van der Waals surface area contributed by atoms with Crippen molar-refractivity contribution in [2.45, 2.75) is 12.6 Å². The number of methoxy groups -OCH3 is 1. The van der Waals surface area contributed by atoms with Crippen LogP contribution in [-0.4, -0.2) is 18.2 Å². The van der Waals surface area contributed by atoms with Gasteiger partial charge in [0.05, 0.1) is 12.1 Å². The Kier molecular flexibility index (Phi) is 5.20. The van der Waals surface area contributed by atoms with Crippen LogP contribution < -0.4 is 5.32 Å². The third-order valence-corrected chi connectivity index (χ3v) is 3.40. The highest BCUT2D eigenvalue weighted by Crippen LogP contribution is 2.27. The summed E-state index contributed by atoms with van der Waals surface area (Å²) in [6.07, 6.45) is 0. The molecule has 0 saturated carbocycles. The number of phenolic OH excluding ortho intramolecular Hbond substituents is 1. The molecule has 0 aromatic heterocycles. The Hall–Kier alpha value is -2.04. The number of hydrogen-bond donors (Lipinski definition) is 2. The van der Waals surface area contributed by atoms with E-state index in [9.17, 15) is 9.90 Å². The number of aromatic hydroxyl groups is 1. The van der Waals surface area contributed by atoms with Crippen LogP contribution >= 0.6 is 11.6 Å². The van der Waals surface area contributed by atoms with Crippen molar-refractivity contribution in [2.24, 2.45) is 0 Å². The maximum Gasteiger partial charge on any atom is 0.327 e. The van der Waals surface area contributed by atoms with Crippen LogP contribution in [0.1, 0.15) is 17.2 Å². The zero-order valence-electron chi connectivity index (χ0n) is 11.5. The predicted octanol–water partition coefficient (Wildman–Crippen LogP) is 3.05. The smallest absolute Gasteiger partial charge is 0.327 e. The summed E-state index contributed by atoms with van der Waals surface area (Å²) in [5.41, 5.74) is 1.69. The van der Waals surface area contributed by atoms with Crippen molar-refractivity contribution in [3.8, 4) is 5.75 Å². The van der Waals surface area contributed by atoms with E-state index in [4.69, 9.17) is 16.3 Å². The fourth-order valence-electron chi connectivity index (χ4n) is 1.97. The third-order valence-electron chi connectivity index (χ3n) is 3.10. The van der Waals surface area contributed by atoms with Crippen molar-refractivity contribution in [2.75, 3.05) is 7.11 Å². The number of esters is 1. The van der Waals surface area contributed by atoms with Crippen molar-refractivity contribution >= 4 is 17.6 Å². The van der Waals surface area contributed by atoms with Gasteiger partial charge in [-0.3, -0.25) is 5.32 Å². The van der Waals surface area contributed by atoms with Crippen molar-refractivity contribution in [1.82, 2.24) is 5.32 Å². The van der Waals surface area contributed by atoms with Crippen LogP contribution in [0.15, 0.2) is 48.5 Å². The first kappa shape index (κ1) is 15.4. The molecular formula is C16H16ClNO3. The zero-order chi connectivity index (χ0) is 15.2. The van der Waals surface area contributed by atoms with E-state index in [0.717, 1.165) is 5.56 Å². The number of benzene rings is 2. The van der Waals surface area contributed by atoms with E-state index >= 15 is 0 Å². The molecule has 0 heterocycles. The molecule has 0 amide bonds. The fourth-order valence-corrected chi connectivity index (χ4v) is 2.16. The number of carbonyl (C=O) groups is 1. The quantitative estimate of drug-likeness (QED) is 0.834. The van der Waals surface area contributed by atoms with Crippen LogP contribution in [0.5, 0.6) is 5.75 Å². The second kappa shape index (κ2) is 7.11. The van der Waals surface area contributed by atoms with E-state index < -0.39 is 12.0 Å². The van der Waals surface area contributed by atoms with Gasteiger partial charge < -0.3 is 9.84 Å². The second-order valence-electron chi connectivity index (χ2n) is 4.53. The molecule has 0 spiro atoms. The van der Waals surface area contributed by atoms with Crippen molar-refractivity contribution in [3.63, 3.8) is 0 Å². The van der Waals surface area contributed by atoms with Gasteiger partial charge in [-0.25, -0.2) is 4.79 Å². The van der Waals surface area contributed by atoms with E-state index in [2.05, 4.69) is 5.32 Å². The van der Waals surface area contributed by atoms with E-state index in [1.807, 2.05) is 30.3 Å². The highest BCUT2D eigenvalue weighted by atomic mass is 35.5. The maximum absolute atomic E-state index is 11.9. The lowest BCUT2D eigenvalue weighted by Crippen LogP contribution is -2.29. The van der Waals surface area contributed by atoms with Gasteiger partial charge >= 0.3 is 5.97 Å². The molecule has 2 aromatic carbocycles. The molecule has 1 unspecified atom stereocenters. The summed E-state index contributed by atoms with van der Waals surface area (Å²) in [5, 5.41) is 12.8. The molecular weight excluding hydrogens is 290 g/mol. The number of ether oxygens (including phenoxy) is 1. The van der Waals surface area contributed by atoms with Gasteiger partial charge in [0.2, 0.25) is 0 Å². The van der Waals surface area contributed by atoms with Crippen LogP contribution in [-0.2, 0) is 16.1 Å². The number of nitrogens with one attached hydrogen (secondary N) is 1. The Morgan fingerprint density at radius 1 is 1.29 bits per heavy atom. The summed E-state index contributed by atoms with van der Waals surface area (Å²) in [6.45, 7) is 0.513. The molecule has 2 N–H and O–H groups in total. The molecule has 0 saturated heterocycles. The molecule has 2 rings (SSSR count). The highest BCUT2D eigenvalue weighted by Gasteiger charge is 2.21. The molecule has 0 bridgehead atoms. The number of carbonyl (C=O) groups excluding carboxylic acids is 1. The Morgan fingerprint density at radius 2 is 2.00 bits per heavy atom. The fraction of sp³-hybridized carbons (Fsp3) is 0.188. The Bertz CT molecular complexity index is 616. The van der Waals surface area contributed by atoms with Gasteiger partial charge in [-0.2, -0.15) is 0 Å². The van der Waals surface area contributed by atoms with Crippen molar-refractivity contribution in [1.29, 1.82) is 0 Å². The molecule has 4 nitrogen and oxygen atoms in total. The lowest BCUT2D eigenvalue weighted by atomic mass is 10.1. The van der Waals surface area contributed by atoms with Gasteiger partial charge in [0.15, 0.2) is 0 Å². The Labute approximate surface area is 128 Å². The number of halogens is 1. The topological polar surface area (TPSA) is 58.6 Å². The minimum atomic E-state index is -0.645. The van der Waals surface area contributed by atoms with Crippen LogP contribution in [0, 0.1) is 0 Å². The summed E-state index contributed by atoms with van der Waals surface area (Å²) in [7, 11) is 1.33. The molecule has 5 heteroatoms. The first-order chi connectivity index (χ1) is 10.1. The van der Waals surface area contributed by atoms with Crippen LogP contribution in [0.3, 0.4) is 0 Å². The molecule has 0 fully saturated rings. The third kappa shape index (κ3) is 3.97. The Morgan fingerprint density at radius 3 is 2.62 bits per heavy atom. The minimum Gasteiger partial charge on any atom is -0.506 e. The van der Waals surface area contributed by atoms with Gasteiger partial charge in [-0.05, 0) is 23.3 Å². The lowest BCUT2D eigenvalue weighted by Gasteiger charge is -2.17. The monoisotopic (exact) mass is 305 g/mol. The van der Waals surface area contributed by atoms with Gasteiger partial charge in [0.25, 0.3) is 0 Å². The average molecular weight is 306 g/mol. The molecule has 110 valence electrons. The second-order valence-corrected chi connectivity index (χ2v) is 4.94. The number of rotatable bonds is 5. The predicted molar refractivity (Wildman–Crippen MR) is 81.2 cm³/mol. The molecule has 2 aromatic rings. The van der Waals surface area contributed by atoms with Crippen molar-refractivity contribution < 1.29 is 14.6 Å². The van der Waals surface area contributed by atoms with Crippen LogP contribution in [0.25, 0.3) is 0 Å². The summed E-state index contributed by atoms with van der Waals surface area (Å²) in [6, 6.07) is 13.7. The summed E-state index contributed by atoms with van der Waals surface area (Å²) >= 11 is 5.89. The van der Waals surface area contributed by atoms with E-state index in [1.54, 1.807) is 12.1 Å². The molecule has 1 atom stereocenters. The standard InChI is InChI=1S/C16H16ClNO3/c1-21-16(20)15(12-7-8-14(19)13(17)9-12)18-10-11-5-3-2-4-6-11/h2-9,15,18-19H,10H2,1H3. The molecule has 0 aliphatic heterocycles. The molecule has 0 aliphatic carbocycles. The molecule has 0 aliphatic rings. The van der Waals surface area contributed by atoms with Crippen LogP contribution in [0.2, 0.25) is 5.02 Å². The van der Waals surface area contributed by atoms with E-state index in [0.29, 0.717) is 12.1 Å². The van der Waals surface area contributed by atoms with Gasteiger partial charge in [0, 0.05) is 6.54 Å². The van der Waals surface area contributed by atoms with Gasteiger partial charge in [-0.1, -0.05) is 48.0 Å². The largest absolute Gasteiger partial charge is 0.506 e. The molecule has 0 radical (unpaired) electrons. The maximum atomic E-state index is 11.9. The summed E-state index contributed by atoms with van der Waals surface area (Å²) < 4.78 is 4.82. The van der Waals surface area contributed by atoms with Crippen LogP contribution in [0.4, 0.5) is 0 Å². The van der Waals surface area contributed by atoms with E-state index in [-0.39, 0.29) is 10.8 Å². The van der Waals surface area contributed by atoms with Gasteiger partial charge in [-0.15, -0.1) is 0 Å². The SMILES string of the molecule is COC(=O)C(NCc1ccccc1)c1ccc(O)c(Cl)c1. The summed E-state index contributed by atoms with van der Waals surface area (Å²) in [5.74, 6) is -0.431. The normalized spacial score (nSPS) is 11.9. The first-order valence-corrected chi connectivity index (χ1v) is 6.83. The van der Waals surface area contributed by atoms with Crippen molar-refractivity contribution in [3.05, 3.63) is 64.7 Å². The first-order valence-electron chi connectivity index (χ1n) is 6.45. The summed E-state index contributed by atoms with van der Waals surface area (Å²) in [4.78, 5) is 11.9. The minimum absolute atomic E-state index is 0.0212. The Balaban J connectivity index is 2.18. The number of phenols is 1. The zero-order valence-corrected chi connectivity index (χ0v) is 12.3. The van der Waals surface area contributed by atoms with E-state index in [1.165, 1.54) is 13.2 Å². The average Bonchev–Trinajstić information content (AvgIpc) is 2.51. The molecule has 21 heavy (non-hydrogen) atoms. The highest BCUT2D eigenvalue weighted by molar-refractivity contribution is 6.32. The lowest BCUT2D eigenvalue weighted by molar-refractivity contribution is -0.143. The number of hydrogen-bond acceptors (Lipinski definition) is 4. The van der Waals surface area contributed by atoms with Gasteiger partial charge in [0.1, 0.15) is 11.8 Å².